The van der Waals surface area contributed by atoms with Crippen LogP contribution in [0, 0.1) is 5.92 Å². The molecule has 1 aliphatic heterocycles. The molecule has 0 saturated carbocycles. The number of piperidine rings is 1. The van der Waals surface area contributed by atoms with Gasteiger partial charge in [0.2, 0.25) is 11.8 Å². The van der Waals surface area contributed by atoms with Crippen LogP contribution in [-0.4, -0.2) is 71.0 Å². The van der Waals surface area contributed by atoms with E-state index in [0.717, 1.165) is 32.2 Å². The summed E-state index contributed by atoms with van der Waals surface area (Å²) in [5, 5.41) is 12.0. The van der Waals surface area contributed by atoms with Gasteiger partial charge in [-0.1, -0.05) is 32.8 Å². The average Bonchev–Trinajstić information content (AvgIpc) is 2.68. The summed E-state index contributed by atoms with van der Waals surface area (Å²) < 4.78 is 0. The lowest BCUT2D eigenvalue weighted by Crippen LogP contribution is -2.58. The first-order valence-electron chi connectivity index (χ1n) is 10.3. The van der Waals surface area contributed by atoms with Gasteiger partial charge in [0.1, 0.15) is 6.04 Å². The maximum atomic E-state index is 13.0. The highest BCUT2D eigenvalue weighted by molar-refractivity contribution is 5.90. The predicted octanol–water partition coefficient (Wildman–Crippen LogP) is 2.27. The number of carbonyl (C=O) groups excluding carboxylic acids is 2. The van der Waals surface area contributed by atoms with Crippen molar-refractivity contribution in [2.75, 3.05) is 20.1 Å². The second-order valence-corrected chi connectivity index (χ2v) is 8.13. The number of nitrogens with zero attached hydrogens (tertiary/aromatic N) is 2. The largest absolute Gasteiger partial charge is 0.478 e. The van der Waals surface area contributed by atoms with E-state index in [0.29, 0.717) is 0 Å². The van der Waals surface area contributed by atoms with Gasteiger partial charge in [-0.25, -0.2) is 4.79 Å². The molecule has 160 valence electrons. The number of likely N-dealkylation sites (N-methyl/N-ethyl adjacent to an activating group) is 1. The lowest BCUT2D eigenvalue weighted by atomic mass is 9.95. The molecule has 0 aromatic rings. The Morgan fingerprint density at radius 1 is 1.25 bits per heavy atom. The second-order valence-electron chi connectivity index (χ2n) is 8.13. The van der Waals surface area contributed by atoms with Crippen molar-refractivity contribution in [2.45, 2.75) is 78.4 Å². The van der Waals surface area contributed by atoms with E-state index < -0.39 is 12.0 Å². The Balaban J connectivity index is 2.89. The Morgan fingerprint density at radius 2 is 1.89 bits per heavy atom. The highest BCUT2D eigenvalue weighted by atomic mass is 16.4. The summed E-state index contributed by atoms with van der Waals surface area (Å²) in [6.07, 6.45) is 5.18. The Bertz CT molecular complexity index is 588. The zero-order valence-corrected chi connectivity index (χ0v) is 18.2. The fraction of sp³-hybridized carbons (Fsp3) is 0.762. The molecule has 1 saturated heterocycles. The van der Waals surface area contributed by atoms with E-state index in [1.54, 1.807) is 7.05 Å². The Morgan fingerprint density at radius 3 is 2.43 bits per heavy atom. The second kappa shape index (κ2) is 11.2. The maximum absolute atomic E-state index is 13.0. The molecule has 2 unspecified atom stereocenters. The SMILES string of the molecule is CC[C@H](C)C(NC(=O)C1CCCCN1C(C)C)C(=O)N(C)C/C=C(\C)C(=O)O. The van der Waals surface area contributed by atoms with Crippen LogP contribution in [0.2, 0.25) is 0 Å². The smallest absolute Gasteiger partial charge is 0.331 e. The minimum atomic E-state index is -1.00. The highest BCUT2D eigenvalue weighted by Gasteiger charge is 2.34. The fourth-order valence-electron chi connectivity index (χ4n) is 3.47. The van der Waals surface area contributed by atoms with Crippen LogP contribution < -0.4 is 5.32 Å². The van der Waals surface area contributed by atoms with E-state index in [9.17, 15) is 14.4 Å². The van der Waals surface area contributed by atoms with Crippen LogP contribution in [0.5, 0.6) is 0 Å². The van der Waals surface area contributed by atoms with E-state index >= 15 is 0 Å². The molecule has 0 aliphatic carbocycles. The van der Waals surface area contributed by atoms with Crippen LogP contribution >= 0.6 is 0 Å². The molecule has 0 spiro atoms. The van der Waals surface area contributed by atoms with Crippen molar-refractivity contribution in [2.24, 2.45) is 5.92 Å². The van der Waals surface area contributed by atoms with Gasteiger partial charge in [0, 0.05) is 25.2 Å². The van der Waals surface area contributed by atoms with Crippen LogP contribution in [0.4, 0.5) is 0 Å². The van der Waals surface area contributed by atoms with Crippen molar-refractivity contribution in [3.63, 3.8) is 0 Å². The molecule has 1 fully saturated rings. The van der Waals surface area contributed by atoms with Gasteiger partial charge in [-0.3, -0.25) is 14.5 Å². The number of carboxylic acid groups (broad SMARTS) is 1. The Kier molecular flexibility index (Phi) is 9.65. The van der Waals surface area contributed by atoms with Gasteiger partial charge in [-0.15, -0.1) is 0 Å². The third kappa shape index (κ3) is 6.62. The molecule has 0 aromatic heterocycles. The minimum absolute atomic E-state index is 0.0143. The third-order valence-electron chi connectivity index (χ3n) is 5.67. The molecule has 1 aliphatic rings. The number of aliphatic carboxylic acids is 1. The standard InChI is InChI=1S/C21H37N3O4/c1-7-15(4)18(20(26)23(6)13-11-16(5)21(27)28)22-19(25)17-10-8-9-12-24(17)14(2)3/h11,14-15,17-18H,7-10,12-13H2,1-6H3,(H,22,25)(H,27,28)/b16-11+/t15-,17?,18?/m0/s1. The molecule has 2 N–H and O–H groups in total. The topological polar surface area (TPSA) is 90.0 Å². The first-order chi connectivity index (χ1) is 13.1. The van der Waals surface area contributed by atoms with Crippen molar-refractivity contribution < 1.29 is 19.5 Å². The molecule has 2 amide bonds. The minimum Gasteiger partial charge on any atom is -0.478 e. The van der Waals surface area contributed by atoms with Gasteiger partial charge >= 0.3 is 5.97 Å². The lowest BCUT2D eigenvalue weighted by molar-refractivity contribution is -0.138. The molecule has 28 heavy (non-hydrogen) atoms. The summed E-state index contributed by atoms with van der Waals surface area (Å²) >= 11 is 0. The number of nitrogens with one attached hydrogen (secondary N) is 1. The van der Waals surface area contributed by atoms with Gasteiger partial charge < -0.3 is 15.3 Å². The van der Waals surface area contributed by atoms with E-state index in [4.69, 9.17) is 5.11 Å². The maximum Gasteiger partial charge on any atom is 0.331 e. The first kappa shape index (κ1) is 24.1. The van der Waals surface area contributed by atoms with Gasteiger partial charge in [0.15, 0.2) is 0 Å². The van der Waals surface area contributed by atoms with Crippen molar-refractivity contribution in [3.8, 4) is 0 Å². The zero-order valence-electron chi connectivity index (χ0n) is 18.2. The first-order valence-corrected chi connectivity index (χ1v) is 10.3. The summed E-state index contributed by atoms with van der Waals surface area (Å²) in [4.78, 5) is 40.6. The normalized spacial score (nSPS) is 20.5. The van der Waals surface area contributed by atoms with Crippen molar-refractivity contribution in [1.29, 1.82) is 0 Å². The molecule has 0 aromatic carbocycles. The number of hydrogen-bond acceptors (Lipinski definition) is 4. The monoisotopic (exact) mass is 395 g/mol. The Labute approximate surface area is 169 Å². The zero-order chi connectivity index (χ0) is 21.4. The number of rotatable bonds is 9. The predicted molar refractivity (Wildman–Crippen MR) is 110 cm³/mol. The van der Waals surface area contributed by atoms with Crippen molar-refractivity contribution >= 4 is 17.8 Å². The molecular weight excluding hydrogens is 358 g/mol. The van der Waals surface area contributed by atoms with Crippen LogP contribution in [0.15, 0.2) is 11.6 Å². The summed E-state index contributed by atoms with van der Waals surface area (Å²) in [6.45, 7) is 10.7. The molecule has 3 atom stereocenters. The van der Waals surface area contributed by atoms with Gasteiger partial charge in [-0.05, 0) is 46.1 Å². The van der Waals surface area contributed by atoms with Crippen molar-refractivity contribution in [3.05, 3.63) is 11.6 Å². The van der Waals surface area contributed by atoms with E-state index in [2.05, 4.69) is 24.1 Å². The number of amides is 2. The summed E-state index contributed by atoms with van der Waals surface area (Å²) in [5.41, 5.74) is 0.193. The summed E-state index contributed by atoms with van der Waals surface area (Å²) in [6, 6.07) is -0.537. The summed E-state index contributed by atoms with van der Waals surface area (Å²) in [7, 11) is 1.64. The molecule has 1 heterocycles. The van der Waals surface area contributed by atoms with Gasteiger partial charge in [0.05, 0.1) is 6.04 Å². The van der Waals surface area contributed by atoms with E-state index in [-0.39, 0.29) is 41.9 Å². The molecule has 0 radical (unpaired) electrons. The van der Waals surface area contributed by atoms with Crippen molar-refractivity contribution in [1.82, 2.24) is 15.1 Å². The number of carbonyl (C=O) groups is 3. The average molecular weight is 396 g/mol. The third-order valence-corrected chi connectivity index (χ3v) is 5.67. The van der Waals surface area contributed by atoms with Gasteiger partial charge in [-0.2, -0.15) is 0 Å². The summed E-state index contributed by atoms with van der Waals surface area (Å²) in [5.74, 6) is -1.29. The molecular formula is C21H37N3O4. The van der Waals surface area contributed by atoms with E-state index in [1.807, 2.05) is 13.8 Å². The Hall–Kier alpha value is -1.89. The van der Waals surface area contributed by atoms with Crippen LogP contribution in [0.25, 0.3) is 0 Å². The van der Waals surface area contributed by atoms with E-state index in [1.165, 1.54) is 17.9 Å². The number of likely N-dealkylation sites (tertiary alicyclic amines) is 1. The molecule has 1 rings (SSSR count). The quantitative estimate of drug-likeness (QED) is 0.585. The fourth-order valence-corrected chi connectivity index (χ4v) is 3.47. The molecule has 7 nitrogen and oxygen atoms in total. The number of hydrogen-bond donors (Lipinski definition) is 2. The van der Waals surface area contributed by atoms with Crippen LogP contribution in [0.1, 0.15) is 60.3 Å². The highest BCUT2D eigenvalue weighted by Crippen LogP contribution is 2.21. The van der Waals surface area contributed by atoms with Gasteiger partial charge in [0.25, 0.3) is 0 Å². The van der Waals surface area contributed by atoms with Crippen LogP contribution in [0.3, 0.4) is 0 Å². The molecule has 7 heteroatoms. The van der Waals surface area contributed by atoms with Crippen LogP contribution in [-0.2, 0) is 14.4 Å². The number of carboxylic acids is 1. The molecule has 0 bridgehead atoms. The lowest BCUT2D eigenvalue weighted by Gasteiger charge is -2.38.